The molecule has 0 aromatic heterocycles. The van der Waals surface area contributed by atoms with Crippen LogP contribution in [0.25, 0.3) is 0 Å². The van der Waals surface area contributed by atoms with Crippen LogP contribution in [0, 0.1) is 0 Å². The van der Waals surface area contributed by atoms with E-state index in [0.717, 1.165) is 26.1 Å². The number of nitrogens with zero attached hydrogens (tertiary/aromatic N) is 1. The minimum atomic E-state index is -0.226. The van der Waals surface area contributed by atoms with E-state index in [1.807, 2.05) is 18.2 Å². The highest BCUT2D eigenvalue weighted by atomic mass is 35.5. The van der Waals surface area contributed by atoms with Crippen LogP contribution in [0.5, 0.6) is 0 Å². The summed E-state index contributed by atoms with van der Waals surface area (Å²) >= 11 is 0. The molecule has 25 heavy (non-hydrogen) atoms. The first kappa shape index (κ1) is 19.5. The van der Waals surface area contributed by atoms with Crippen molar-refractivity contribution in [3.63, 3.8) is 0 Å². The summed E-state index contributed by atoms with van der Waals surface area (Å²) in [4.78, 5) is 14.4. The third kappa shape index (κ3) is 5.87. The van der Waals surface area contributed by atoms with Gasteiger partial charge in [-0.25, -0.2) is 4.79 Å². The van der Waals surface area contributed by atoms with Gasteiger partial charge in [-0.05, 0) is 49.4 Å². The van der Waals surface area contributed by atoms with E-state index < -0.39 is 0 Å². The Morgan fingerprint density at radius 2 is 1.76 bits per heavy atom. The van der Waals surface area contributed by atoms with Gasteiger partial charge in [-0.1, -0.05) is 48.5 Å². The monoisotopic (exact) mass is 359 g/mol. The lowest BCUT2D eigenvalue weighted by atomic mass is 9.90. The SMILES string of the molecule is O=C(OCCCN1CCCC(c2ccccc2)C1)c1ccccc1.[Cl-].[H+]. The maximum absolute atomic E-state index is 11.9. The average molecular weight is 360 g/mol. The molecule has 134 valence electrons. The first-order valence-electron chi connectivity index (χ1n) is 8.82. The molecule has 1 saturated heterocycles. The zero-order valence-electron chi connectivity index (χ0n) is 15.4. The first-order valence-corrected chi connectivity index (χ1v) is 8.82. The van der Waals surface area contributed by atoms with Gasteiger partial charge in [0.25, 0.3) is 0 Å². The number of rotatable bonds is 6. The average Bonchev–Trinajstić information content (AvgIpc) is 2.67. The molecule has 0 saturated carbocycles. The summed E-state index contributed by atoms with van der Waals surface area (Å²) in [5.41, 5.74) is 2.07. The third-order valence-electron chi connectivity index (χ3n) is 4.64. The molecular formula is C21H26ClNO2. The predicted molar refractivity (Wildman–Crippen MR) is 97.3 cm³/mol. The summed E-state index contributed by atoms with van der Waals surface area (Å²) in [6, 6.07) is 20.0. The molecule has 1 unspecified atom stereocenters. The third-order valence-corrected chi connectivity index (χ3v) is 4.64. The number of hydrogen-bond donors (Lipinski definition) is 0. The molecule has 3 nitrogen and oxygen atoms in total. The number of benzene rings is 2. The summed E-state index contributed by atoms with van der Waals surface area (Å²) in [7, 11) is 0. The largest absolute Gasteiger partial charge is 1.00 e. The van der Waals surface area contributed by atoms with Gasteiger partial charge in [0.2, 0.25) is 0 Å². The van der Waals surface area contributed by atoms with Crippen molar-refractivity contribution >= 4 is 5.97 Å². The van der Waals surface area contributed by atoms with E-state index in [-0.39, 0.29) is 19.8 Å². The van der Waals surface area contributed by atoms with E-state index in [4.69, 9.17) is 4.74 Å². The number of piperidine rings is 1. The Labute approximate surface area is 157 Å². The van der Waals surface area contributed by atoms with Crippen molar-refractivity contribution < 1.29 is 23.4 Å². The minimum Gasteiger partial charge on any atom is -1.00 e. The molecule has 0 N–H and O–H groups in total. The predicted octanol–water partition coefficient (Wildman–Crippen LogP) is 1.23. The fraction of sp³-hybridized carbons (Fsp3) is 0.381. The van der Waals surface area contributed by atoms with Crippen LogP contribution in [-0.2, 0) is 4.74 Å². The van der Waals surface area contributed by atoms with Crippen molar-refractivity contribution in [2.24, 2.45) is 0 Å². The van der Waals surface area contributed by atoms with Crippen LogP contribution in [-0.4, -0.2) is 37.1 Å². The molecule has 0 spiro atoms. The van der Waals surface area contributed by atoms with Gasteiger partial charge in [0.15, 0.2) is 0 Å². The van der Waals surface area contributed by atoms with Gasteiger partial charge in [-0.3, -0.25) is 0 Å². The summed E-state index contributed by atoms with van der Waals surface area (Å²) in [5.74, 6) is 0.406. The topological polar surface area (TPSA) is 29.5 Å². The van der Waals surface area contributed by atoms with Crippen molar-refractivity contribution in [3.05, 3.63) is 71.8 Å². The second-order valence-corrected chi connectivity index (χ2v) is 6.41. The summed E-state index contributed by atoms with van der Waals surface area (Å²) in [5, 5.41) is 0. The maximum atomic E-state index is 11.9. The van der Waals surface area contributed by atoms with Crippen LogP contribution >= 0.6 is 0 Å². The van der Waals surface area contributed by atoms with Crippen LogP contribution in [0.1, 0.15) is 42.5 Å². The molecule has 0 bridgehead atoms. The lowest BCUT2D eigenvalue weighted by Gasteiger charge is -2.33. The number of hydrogen-bond acceptors (Lipinski definition) is 3. The molecule has 1 atom stereocenters. The molecule has 2 aromatic carbocycles. The first-order chi connectivity index (χ1) is 11.8. The smallest absolute Gasteiger partial charge is 1.00 e. The fourth-order valence-corrected chi connectivity index (χ4v) is 3.37. The van der Waals surface area contributed by atoms with Gasteiger partial charge in [0, 0.05) is 13.1 Å². The highest BCUT2D eigenvalue weighted by molar-refractivity contribution is 5.89. The Kier molecular flexibility index (Phi) is 7.96. The van der Waals surface area contributed by atoms with Crippen molar-refractivity contribution in [2.45, 2.75) is 25.2 Å². The number of likely N-dealkylation sites (tertiary alicyclic amines) is 1. The zero-order chi connectivity index (χ0) is 16.6. The van der Waals surface area contributed by atoms with E-state index in [0.29, 0.717) is 18.1 Å². The van der Waals surface area contributed by atoms with Crippen molar-refractivity contribution in [1.29, 1.82) is 0 Å². The lowest BCUT2D eigenvalue weighted by Crippen LogP contribution is -3.00. The second-order valence-electron chi connectivity index (χ2n) is 6.41. The van der Waals surface area contributed by atoms with Gasteiger partial charge in [0.1, 0.15) is 0 Å². The van der Waals surface area contributed by atoms with Crippen molar-refractivity contribution in [3.8, 4) is 0 Å². The van der Waals surface area contributed by atoms with Gasteiger partial charge in [-0.2, -0.15) is 0 Å². The molecule has 3 rings (SSSR count). The molecular weight excluding hydrogens is 334 g/mol. The molecule has 1 aliphatic rings. The number of halogens is 1. The number of carbonyl (C=O) groups is 1. The number of esters is 1. The second kappa shape index (κ2) is 10.2. The Morgan fingerprint density at radius 1 is 1.08 bits per heavy atom. The van der Waals surface area contributed by atoms with Crippen LogP contribution in [0.2, 0.25) is 0 Å². The molecule has 0 amide bonds. The van der Waals surface area contributed by atoms with Gasteiger partial charge in [-0.15, -0.1) is 0 Å². The quantitative estimate of drug-likeness (QED) is 0.574. The molecule has 4 heteroatoms. The summed E-state index contributed by atoms with van der Waals surface area (Å²) < 4.78 is 5.37. The van der Waals surface area contributed by atoms with Gasteiger partial charge >= 0.3 is 7.40 Å². The van der Waals surface area contributed by atoms with Gasteiger partial charge < -0.3 is 22.0 Å². The van der Waals surface area contributed by atoms with Crippen LogP contribution in [0.15, 0.2) is 60.7 Å². The zero-order valence-corrected chi connectivity index (χ0v) is 15.2. The summed E-state index contributed by atoms with van der Waals surface area (Å²) in [6.07, 6.45) is 3.40. The number of carbonyl (C=O) groups excluding carboxylic acids is 1. The van der Waals surface area contributed by atoms with Crippen LogP contribution in [0.3, 0.4) is 0 Å². The van der Waals surface area contributed by atoms with E-state index in [1.54, 1.807) is 12.1 Å². The van der Waals surface area contributed by atoms with Gasteiger partial charge in [0.05, 0.1) is 12.2 Å². The highest BCUT2D eigenvalue weighted by Gasteiger charge is 2.20. The molecule has 1 aliphatic heterocycles. The Bertz CT molecular complexity index is 639. The Morgan fingerprint density at radius 3 is 2.48 bits per heavy atom. The lowest BCUT2D eigenvalue weighted by molar-refractivity contribution is -0.0000234. The molecule has 1 heterocycles. The fourth-order valence-electron chi connectivity index (χ4n) is 3.37. The van der Waals surface area contributed by atoms with E-state index in [2.05, 4.69) is 35.2 Å². The van der Waals surface area contributed by atoms with Crippen molar-refractivity contribution in [2.75, 3.05) is 26.2 Å². The molecule has 0 radical (unpaired) electrons. The van der Waals surface area contributed by atoms with E-state index in [9.17, 15) is 4.79 Å². The standard InChI is InChI=1S/C21H25NO2.ClH/c23-21(19-11-5-2-6-12-19)24-16-8-15-22-14-7-13-20(17-22)18-9-3-1-4-10-18;/h1-6,9-12,20H,7-8,13-17H2;1H. The summed E-state index contributed by atoms with van der Waals surface area (Å²) in [6.45, 7) is 3.73. The van der Waals surface area contributed by atoms with Crippen LogP contribution in [0.4, 0.5) is 0 Å². The Balaban J connectivity index is 0.00000169. The van der Waals surface area contributed by atoms with E-state index in [1.165, 1.54) is 18.4 Å². The van der Waals surface area contributed by atoms with Crippen LogP contribution < -0.4 is 12.4 Å². The molecule has 2 aromatic rings. The Hall–Kier alpha value is -1.84. The molecule has 0 aliphatic carbocycles. The minimum absolute atomic E-state index is 0. The van der Waals surface area contributed by atoms with Crippen molar-refractivity contribution in [1.82, 2.24) is 4.90 Å². The molecule has 1 fully saturated rings. The highest BCUT2D eigenvalue weighted by Crippen LogP contribution is 2.26. The normalized spacial score (nSPS) is 17.5. The number of ether oxygens (including phenoxy) is 1. The maximum Gasteiger partial charge on any atom is 1.00 e. The van der Waals surface area contributed by atoms with E-state index >= 15 is 0 Å².